The van der Waals surface area contributed by atoms with Crippen molar-refractivity contribution in [3.63, 3.8) is 0 Å². The molecular weight excluding hydrogens is 247 g/mol. The van der Waals surface area contributed by atoms with Crippen molar-refractivity contribution in [3.05, 3.63) is 36.2 Å². The van der Waals surface area contributed by atoms with Crippen molar-refractivity contribution in [1.82, 2.24) is 14.8 Å². The van der Waals surface area contributed by atoms with Crippen molar-refractivity contribution in [2.24, 2.45) is 5.92 Å². The van der Waals surface area contributed by atoms with E-state index in [0.29, 0.717) is 17.1 Å². The molecule has 0 radical (unpaired) electrons. The summed E-state index contributed by atoms with van der Waals surface area (Å²) < 4.78 is 14.6. The van der Waals surface area contributed by atoms with Gasteiger partial charge >= 0.3 is 0 Å². The molecule has 0 unspecified atom stereocenters. The number of amides is 1. The van der Waals surface area contributed by atoms with Crippen LogP contribution in [-0.4, -0.2) is 20.7 Å². The highest BCUT2D eigenvalue weighted by Gasteiger charge is 2.12. The predicted octanol–water partition coefficient (Wildman–Crippen LogP) is 2.31. The minimum Gasteiger partial charge on any atom is -0.323 e. The van der Waals surface area contributed by atoms with E-state index in [-0.39, 0.29) is 11.8 Å². The van der Waals surface area contributed by atoms with Gasteiger partial charge in [0.1, 0.15) is 5.82 Å². The second kappa shape index (κ2) is 5.17. The molecule has 19 heavy (non-hydrogen) atoms. The Hall–Kier alpha value is -2.24. The Kier molecular flexibility index (Phi) is 3.59. The van der Waals surface area contributed by atoms with Gasteiger partial charge in [-0.1, -0.05) is 13.8 Å². The highest BCUT2D eigenvalue weighted by molar-refractivity contribution is 5.92. The molecule has 1 N–H and O–H groups in total. The Balaban J connectivity index is 2.28. The summed E-state index contributed by atoms with van der Waals surface area (Å²) in [6.07, 6.45) is 4.27. The Morgan fingerprint density at radius 2 is 2.16 bits per heavy atom. The predicted molar refractivity (Wildman–Crippen MR) is 69.5 cm³/mol. The number of carbonyl (C=O) groups excluding carboxylic acids is 1. The number of hydrogen-bond acceptors (Lipinski definition) is 3. The highest BCUT2D eigenvalue weighted by Crippen LogP contribution is 2.17. The van der Waals surface area contributed by atoms with Crippen LogP contribution in [0.1, 0.15) is 19.5 Å². The highest BCUT2D eigenvalue weighted by atomic mass is 19.1. The van der Waals surface area contributed by atoms with Crippen LogP contribution >= 0.6 is 0 Å². The molecule has 2 aromatic heterocycles. The normalized spacial score (nSPS) is 10.8. The lowest BCUT2D eigenvalue weighted by molar-refractivity contribution is -0.118. The van der Waals surface area contributed by atoms with E-state index in [2.05, 4.69) is 15.4 Å². The van der Waals surface area contributed by atoms with Gasteiger partial charge in [-0.25, -0.2) is 9.07 Å². The fourth-order valence-electron chi connectivity index (χ4n) is 1.52. The van der Waals surface area contributed by atoms with Crippen molar-refractivity contribution < 1.29 is 9.18 Å². The molecule has 0 aliphatic carbocycles. The lowest BCUT2D eigenvalue weighted by Gasteiger charge is -2.05. The number of pyridine rings is 1. The standard InChI is InChI=1S/C13H15FN4O/c1-8(2)13(19)16-12-7-18(17-9(12)3)11-4-10(14)5-15-6-11/h4-8H,1-3H3,(H,16,19). The minimum absolute atomic E-state index is 0.0833. The number of nitrogens with zero attached hydrogens (tertiary/aromatic N) is 3. The second-order valence-corrected chi connectivity index (χ2v) is 4.58. The van der Waals surface area contributed by atoms with Gasteiger partial charge in [-0.2, -0.15) is 5.10 Å². The molecular formula is C13H15FN4O. The summed E-state index contributed by atoms with van der Waals surface area (Å²) in [7, 11) is 0. The number of nitrogens with one attached hydrogen (secondary N) is 1. The van der Waals surface area contributed by atoms with Crippen LogP contribution in [-0.2, 0) is 4.79 Å². The van der Waals surface area contributed by atoms with Gasteiger partial charge in [0.05, 0.1) is 35.7 Å². The minimum atomic E-state index is -0.432. The zero-order valence-corrected chi connectivity index (χ0v) is 11.0. The Morgan fingerprint density at radius 3 is 2.79 bits per heavy atom. The molecule has 2 aromatic rings. The number of halogens is 1. The van der Waals surface area contributed by atoms with Gasteiger partial charge in [-0.15, -0.1) is 0 Å². The Bertz CT molecular complexity index is 606. The van der Waals surface area contributed by atoms with Crippen LogP contribution in [0, 0.1) is 18.7 Å². The fraction of sp³-hybridized carbons (Fsp3) is 0.308. The molecule has 0 aliphatic rings. The van der Waals surface area contributed by atoms with Gasteiger partial charge in [-0.05, 0) is 6.92 Å². The van der Waals surface area contributed by atoms with Crippen LogP contribution in [0.15, 0.2) is 24.7 Å². The van der Waals surface area contributed by atoms with Gasteiger partial charge in [0.25, 0.3) is 0 Å². The van der Waals surface area contributed by atoms with Crippen LogP contribution in [0.3, 0.4) is 0 Å². The third-order valence-corrected chi connectivity index (χ3v) is 2.64. The zero-order chi connectivity index (χ0) is 14.0. The molecule has 100 valence electrons. The fourth-order valence-corrected chi connectivity index (χ4v) is 1.52. The van der Waals surface area contributed by atoms with Gasteiger partial charge < -0.3 is 5.32 Å². The second-order valence-electron chi connectivity index (χ2n) is 4.58. The van der Waals surface area contributed by atoms with E-state index in [1.165, 1.54) is 16.9 Å². The first-order valence-corrected chi connectivity index (χ1v) is 5.95. The zero-order valence-electron chi connectivity index (χ0n) is 11.0. The number of rotatable bonds is 3. The Labute approximate surface area is 110 Å². The van der Waals surface area contributed by atoms with Crippen LogP contribution in [0.25, 0.3) is 5.69 Å². The molecule has 0 aromatic carbocycles. The van der Waals surface area contributed by atoms with Crippen LogP contribution in [0.5, 0.6) is 0 Å². The molecule has 0 bridgehead atoms. The molecule has 2 rings (SSSR count). The van der Waals surface area contributed by atoms with Gasteiger partial charge in [0.2, 0.25) is 5.91 Å². The molecule has 0 saturated carbocycles. The summed E-state index contributed by atoms with van der Waals surface area (Å²) >= 11 is 0. The molecule has 2 heterocycles. The molecule has 5 nitrogen and oxygen atoms in total. The first kappa shape index (κ1) is 13.2. The van der Waals surface area contributed by atoms with Gasteiger partial charge in [0.15, 0.2) is 0 Å². The molecule has 0 spiro atoms. The summed E-state index contributed by atoms with van der Waals surface area (Å²) in [6.45, 7) is 5.40. The van der Waals surface area contributed by atoms with E-state index in [1.807, 2.05) is 13.8 Å². The van der Waals surface area contributed by atoms with Crippen LogP contribution in [0.4, 0.5) is 10.1 Å². The number of hydrogen-bond donors (Lipinski definition) is 1. The lowest BCUT2D eigenvalue weighted by Crippen LogP contribution is -2.17. The Morgan fingerprint density at radius 1 is 1.42 bits per heavy atom. The van der Waals surface area contributed by atoms with Crippen molar-refractivity contribution in [3.8, 4) is 5.69 Å². The van der Waals surface area contributed by atoms with Crippen molar-refractivity contribution in [2.75, 3.05) is 5.32 Å². The van der Waals surface area contributed by atoms with E-state index in [0.717, 1.165) is 6.20 Å². The lowest BCUT2D eigenvalue weighted by atomic mass is 10.2. The molecule has 1 amide bonds. The van der Waals surface area contributed by atoms with Crippen molar-refractivity contribution in [2.45, 2.75) is 20.8 Å². The topological polar surface area (TPSA) is 59.8 Å². The molecule has 0 atom stereocenters. The maximum Gasteiger partial charge on any atom is 0.227 e. The van der Waals surface area contributed by atoms with Crippen molar-refractivity contribution >= 4 is 11.6 Å². The van der Waals surface area contributed by atoms with Crippen LogP contribution in [0.2, 0.25) is 0 Å². The third kappa shape index (κ3) is 2.96. The maximum absolute atomic E-state index is 13.1. The maximum atomic E-state index is 13.1. The molecule has 0 saturated heterocycles. The summed E-state index contributed by atoms with van der Waals surface area (Å²) in [5.74, 6) is -0.628. The van der Waals surface area contributed by atoms with E-state index in [1.54, 1.807) is 13.1 Å². The smallest absolute Gasteiger partial charge is 0.227 e. The number of anilines is 1. The van der Waals surface area contributed by atoms with Gasteiger partial charge in [0, 0.05) is 12.0 Å². The van der Waals surface area contributed by atoms with E-state index >= 15 is 0 Å². The van der Waals surface area contributed by atoms with E-state index in [9.17, 15) is 9.18 Å². The molecule has 0 aliphatic heterocycles. The molecule has 0 fully saturated rings. The van der Waals surface area contributed by atoms with E-state index < -0.39 is 5.82 Å². The van der Waals surface area contributed by atoms with Gasteiger partial charge in [-0.3, -0.25) is 9.78 Å². The SMILES string of the molecule is Cc1nn(-c2cncc(F)c2)cc1NC(=O)C(C)C. The largest absolute Gasteiger partial charge is 0.323 e. The first-order valence-electron chi connectivity index (χ1n) is 5.95. The summed E-state index contributed by atoms with van der Waals surface area (Å²) in [4.78, 5) is 15.4. The third-order valence-electron chi connectivity index (χ3n) is 2.64. The number of carbonyl (C=O) groups is 1. The number of aryl methyl sites for hydroxylation is 1. The number of aromatic nitrogens is 3. The van der Waals surface area contributed by atoms with Crippen molar-refractivity contribution in [1.29, 1.82) is 0 Å². The summed E-state index contributed by atoms with van der Waals surface area (Å²) in [5, 5.41) is 7.01. The monoisotopic (exact) mass is 262 g/mol. The quantitative estimate of drug-likeness (QED) is 0.923. The summed E-state index contributed by atoms with van der Waals surface area (Å²) in [6, 6.07) is 1.33. The average Bonchev–Trinajstić information content (AvgIpc) is 2.71. The first-order chi connectivity index (χ1) is 8.97. The summed E-state index contributed by atoms with van der Waals surface area (Å²) in [5.41, 5.74) is 1.79. The molecule has 6 heteroatoms. The van der Waals surface area contributed by atoms with Crippen LogP contribution < -0.4 is 5.32 Å². The average molecular weight is 262 g/mol. The van der Waals surface area contributed by atoms with E-state index in [4.69, 9.17) is 0 Å².